The molecule has 1 nitrogen and oxygen atoms in total. The smallest absolute Gasteiger partial charge is 0.182 e. The Kier molecular flexibility index (Phi) is 4.25. The van der Waals surface area contributed by atoms with E-state index < -0.39 is 0 Å². The van der Waals surface area contributed by atoms with Crippen molar-refractivity contribution in [3.8, 4) is 16.2 Å². The largest absolute Gasteiger partial charge is 0.491 e. The van der Waals surface area contributed by atoms with Crippen molar-refractivity contribution in [1.29, 1.82) is 0 Å². The molecule has 3 heteroatoms. The molecule has 0 aliphatic rings. The Morgan fingerprint density at radius 2 is 1.91 bits per heavy atom. The van der Waals surface area contributed by atoms with Crippen LogP contribution in [0.4, 0.5) is 4.39 Å². The third-order valence-electron chi connectivity index (χ3n) is 3.44. The summed E-state index contributed by atoms with van der Waals surface area (Å²) < 4.78 is 20.4. The highest BCUT2D eigenvalue weighted by atomic mass is 32.1. The maximum atomic E-state index is 14.4. The first kappa shape index (κ1) is 14.8. The molecule has 2 aromatic carbocycles. The zero-order chi connectivity index (χ0) is 15.5. The minimum absolute atomic E-state index is 0.263. The van der Waals surface area contributed by atoms with Crippen LogP contribution in [0, 0.1) is 5.82 Å². The van der Waals surface area contributed by atoms with Gasteiger partial charge in [0, 0.05) is 4.88 Å². The maximum absolute atomic E-state index is 14.4. The molecule has 0 fully saturated rings. The first-order chi connectivity index (χ1) is 10.7. The fraction of sp³-hybridized carbons (Fsp3) is 0.158. The van der Waals surface area contributed by atoms with Crippen LogP contribution in [0.1, 0.15) is 19.4 Å². The van der Waals surface area contributed by atoms with Crippen molar-refractivity contribution in [2.75, 3.05) is 6.61 Å². The van der Waals surface area contributed by atoms with Crippen molar-refractivity contribution in [2.45, 2.75) is 13.8 Å². The zero-order valence-electron chi connectivity index (χ0n) is 12.6. The van der Waals surface area contributed by atoms with Gasteiger partial charge in [0.05, 0.1) is 11.3 Å². The summed E-state index contributed by atoms with van der Waals surface area (Å²) in [4.78, 5) is 1.06. The summed E-state index contributed by atoms with van der Waals surface area (Å²) in [7, 11) is 0. The van der Waals surface area contributed by atoms with Crippen LogP contribution in [0.5, 0.6) is 5.75 Å². The van der Waals surface area contributed by atoms with Gasteiger partial charge in [0.2, 0.25) is 0 Å². The van der Waals surface area contributed by atoms with Gasteiger partial charge in [-0.2, -0.15) is 0 Å². The molecule has 0 aliphatic carbocycles. The Labute approximate surface area is 133 Å². The summed E-state index contributed by atoms with van der Waals surface area (Å²) in [6, 6.07) is 13.9. The highest BCUT2D eigenvalue weighted by molar-refractivity contribution is 7.22. The minimum atomic E-state index is -0.263. The SMILES string of the molecule is C/C=C/c1ccc(-c2cc3ccc(OCC)c(F)c3s2)cc1. The minimum Gasteiger partial charge on any atom is -0.491 e. The molecule has 1 aromatic heterocycles. The molecular formula is C19H17FOS. The van der Waals surface area contributed by atoms with Crippen LogP contribution in [0.3, 0.4) is 0 Å². The lowest BCUT2D eigenvalue weighted by Crippen LogP contribution is -1.93. The summed E-state index contributed by atoms with van der Waals surface area (Å²) in [6.07, 6.45) is 4.07. The Balaban J connectivity index is 2.02. The topological polar surface area (TPSA) is 9.23 Å². The number of rotatable bonds is 4. The Bertz CT molecular complexity index is 815. The Hall–Kier alpha value is -2.13. The quantitative estimate of drug-likeness (QED) is 0.562. The highest BCUT2D eigenvalue weighted by Crippen LogP contribution is 2.37. The average Bonchev–Trinajstić information content (AvgIpc) is 2.96. The summed E-state index contributed by atoms with van der Waals surface area (Å²) >= 11 is 1.46. The lowest BCUT2D eigenvalue weighted by Gasteiger charge is -2.03. The number of hydrogen-bond acceptors (Lipinski definition) is 2. The molecule has 0 spiro atoms. The molecule has 22 heavy (non-hydrogen) atoms. The van der Waals surface area contributed by atoms with Crippen molar-refractivity contribution in [1.82, 2.24) is 0 Å². The molecule has 112 valence electrons. The van der Waals surface area contributed by atoms with E-state index in [1.165, 1.54) is 11.3 Å². The molecule has 0 saturated carbocycles. The van der Waals surface area contributed by atoms with Crippen molar-refractivity contribution in [2.24, 2.45) is 0 Å². The highest BCUT2D eigenvalue weighted by Gasteiger charge is 2.12. The predicted octanol–water partition coefficient (Wildman–Crippen LogP) is 6.14. The molecule has 3 aromatic rings. The first-order valence-electron chi connectivity index (χ1n) is 7.31. The second-order valence-electron chi connectivity index (χ2n) is 4.96. The van der Waals surface area contributed by atoms with E-state index in [2.05, 4.69) is 30.3 Å². The summed E-state index contributed by atoms with van der Waals surface area (Å²) in [5, 5.41) is 0.915. The lowest BCUT2D eigenvalue weighted by atomic mass is 10.1. The molecule has 0 atom stereocenters. The molecule has 0 aliphatic heterocycles. The van der Waals surface area contributed by atoms with Crippen LogP contribution in [-0.2, 0) is 0 Å². The summed E-state index contributed by atoms with van der Waals surface area (Å²) in [5.41, 5.74) is 2.27. The fourth-order valence-corrected chi connectivity index (χ4v) is 3.51. The maximum Gasteiger partial charge on any atom is 0.182 e. The van der Waals surface area contributed by atoms with Crippen LogP contribution in [0.2, 0.25) is 0 Å². The van der Waals surface area contributed by atoms with E-state index in [1.807, 2.05) is 32.1 Å². The fourth-order valence-electron chi connectivity index (χ4n) is 2.41. The molecule has 0 unspecified atom stereocenters. The van der Waals surface area contributed by atoms with Gasteiger partial charge in [-0.05, 0) is 48.6 Å². The first-order valence-corrected chi connectivity index (χ1v) is 8.12. The van der Waals surface area contributed by atoms with E-state index in [-0.39, 0.29) is 5.82 Å². The third kappa shape index (κ3) is 2.77. The molecule has 0 bridgehead atoms. The molecule has 0 N–H and O–H groups in total. The molecular weight excluding hydrogens is 295 g/mol. The lowest BCUT2D eigenvalue weighted by molar-refractivity contribution is 0.323. The van der Waals surface area contributed by atoms with E-state index in [4.69, 9.17) is 4.74 Å². The van der Waals surface area contributed by atoms with Gasteiger partial charge in [-0.3, -0.25) is 0 Å². The van der Waals surface area contributed by atoms with Crippen LogP contribution in [0.15, 0.2) is 48.5 Å². The molecule has 1 heterocycles. The van der Waals surface area contributed by atoms with Gasteiger partial charge in [-0.15, -0.1) is 11.3 Å². The van der Waals surface area contributed by atoms with Gasteiger partial charge in [0.15, 0.2) is 11.6 Å². The Morgan fingerprint density at radius 1 is 1.14 bits per heavy atom. The van der Waals surface area contributed by atoms with Crippen molar-refractivity contribution >= 4 is 27.5 Å². The standard InChI is InChI=1S/C19H17FOS/c1-3-5-13-6-8-14(9-7-13)17-12-15-10-11-16(21-4-2)18(20)19(15)22-17/h3,5-12H,4H2,1-2H3/b5-3+. The van der Waals surface area contributed by atoms with Gasteiger partial charge < -0.3 is 4.74 Å². The second kappa shape index (κ2) is 6.32. The molecule has 0 radical (unpaired) electrons. The van der Waals surface area contributed by atoms with E-state index >= 15 is 0 Å². The van der Waals surface area contributed by atoms with Gasteiger partial charge in [-0.25, -0.2) is 4.39 Å². The number of thiophene rings is 1. The number of ether oxygens (including phenoxy) is 1. The van der Waals surface area contributed by atoms with Gasteiger partial charge in [0.1, 0.15) is 0 Å². The van der Waals surface area contributed by atoms with Gasteiger partial charge >= 0.3 is 0 Å². The third-order valence-corrected chi connectivity index (χ3v) is 4.64. The zero-order valence-corrected chi connectivity index (χ0v) is 13.4. The summed E-state index contributed by atoms with van der Waals surface area (Å²) in [6.45, 7) is 4.32. The number of hydrogen-bond donors (Lipinski definition) is 0. The van der Waals surface area contributed by atoms with Crippen LogP contribution < -0.4 is 4.74 Å². The van der Waals surface area contributed by atoms with Crippen LogP contribution in [0.25, 0.3) is 26.6 Å². The second-order valence-corrected chi connectivity index (χ2v) is 6.01. The summed E-state index contributed by atoms with van der Waals surface area (Å²) in [5.74, 6) is 0.0629. The normalized spacial score (nSPS) is 11.4. The number of halogens is 1. The number of benzene rings is 2. The number of fused-ring (bicyclic) bond motifs is 1. The van der Waals surface area contributed by atoms with Crippen LogP contribution >= 0.6 is 11.3 Å². The van der Waals surface area contributed by atoms with E-state index in [0.29, 0.717) is 17.1 Å². The van der Waals surface area contributed by atoms with Crippen molar-refractivity contribution in [3.05, 3.63) is 59.9 Å². The average molecular weight is 312 g/mol. The van der Waals surface area contributed by atoms with E-state index in [9.17, 15) is 4.39 Å². The van der Waals surface area contributed by atoms with Crippen molar-refractivity contribution in [3.63, 3.8) is 0 Å². The van der Waals surface area contributed by atoms with E-state index in [0.717, 1.165) is 21.4 Å². The van der Waals surface area contributed by atoms with Crippen molar-refractivity contribution < 1.29 is 9.13 Å². The predicted molar refractivity (Wildman–Crippen MR) is 93.1 cm³/mol. The van der Waals surface area contributed by atoms with E-state index in [1.54, 1.807) is 6.07 Å². The molecule has 0 amide bonds. The van der Waals surface area contributed by atoms with Gasteiger partial charge in [0.25, 0.3) is 0 Å². The van der Waals surface area contributed by atoms with Crippen LogP contribution in [-0.4, -0.2) is 6.61 Å². The van der Waals surface area contributed by atoms with Gasteiger partial charge in [-0.1, -0.05) is 36.4 Å². The monoisotopic (exact) mass is 312 g/mol. The molecule has 3 rings (SSSR count). The Morgan fingerprint density at radius 3 is 2.59 bits per heavy atom. The number of allylic oxidation sites excluding steroid dienone is 1. The molecule has 0 saturated heterocycles.